The van der Waals surface area contributed by atoms with Gasteiger partial charge in [0, 0.05) is 13.5 Å². The number of carbonyl (C=O) groups excluding carboxylic acids is 1. The molecule has 1 N–H and O–H groups in total. The molecule has 1 amide bonds. The monoisotopic (exact) mass is 372 g/mol. The summed E-state index contributed by atoms with van der Waals surface area (Å²) >= 11 is 0. The third-order valence-corrected chi connectivity index (χ3v) is 6.73. The number of hydrogen-bond acceptors (Lipinski definition) is 3. The predicted octanol–water partition coefficient (Wildman–Crippen LogP) is 3.79. The zero-order chi connectivity index (χ0) is 18.9. The standard InChI is InChI=1S/C20H24N2O3S/c1-14-10-11-18(21-16(3)23)20(13-14)26(24,25)22-12-6-9-19(22)17-8-5-4-7-15(17)2/h4-5,7-8,10-11,13,19H,6,9,12H2,1-3H3,(H,21,23)/t19-/m1/s1. The average Bonchev–Trinajstić information content (AvgIpc) is 3.06. The largest absolute Gasteiger partial charge is 0.325 e. The van der Waals surface area contributed by atoms with Crippen molar-refractivity contribution in [1.29, 1.82) is 0 Å². The molecule has 0 unspecified atom stereocenters. The Morgan fingerprint density at radius 1 is 1.15 bits per heavy atom. The van der Waals surface area contributed by atoms with Gasteiger partial charge in [-0.2, -0.15) is 4.31 Å². The van der Waals surface area contributed by atoms with Crippen molar-refractivity contribution in [3.8, 4) is 0 Å². The summed E-state index contributed by atoms with van der Waals surface area (Å²) < 4.78 is 28.5. The molecule has 1 fully saturated rings. The maximum Gasteiger partial charge on any atom is 0.245 e. The smallest absolute Gasteiger partial charge is 0.245 e. The van der Waals surface area contributed by atoms with Crippen LogP contribution in [0.15, 0.2) is 47.4 Å². The van der Waals surface area contributed by atoms with Crippen molar-refractivity contribution in [2.75, 3.05) is 11.9 Å². The van der Waals surface area contributed by atoms with Crippen molar-refractivity contribution in [3.05, 3.63) is 59.2 Å². The summed E-state index contributed by atoms with van der Waals surface area (Å²) in [5, 5.41) is 2.65. The second-order valence-electron chi connectivity index (χ2n) is 6.81. The minimum absolute atomic E-state index is 0.160. The summed E-state index contributed by atoms with van der Waals surface area (Å²) in [6.45, 7) is 5.71. The lowest BCUT2D eigenvalue weighted by Gasteiger charge is -2.26. The SMILES string of the molecule is CC(=O)Nc1ccc(C)cc1S(=O)(=O)N1CCC[C@@H]1c1ccccc1C. The van der Waals surface area contributed by atoms with Crippen LogP contribution >= 0.6 is 0 Å². The Morgan fingerprint density at radius 2 is 1.88 bits per heavy atom. The summed E-state index contributed by atoms with van der Waals surface area (Å²) in [5.41, 5.74) is 3.30. The molecule has 1 aliphatic rings. The van der Waals surface area contributed by atoms with E-state index in [9.17, 15) is 13.2 Å². The average molecular weight is 372 g/mol. The van der Waals surface area contributed by atoms with E-state index >= 15 is 0 Å². The Morgan fingerprint density at radius 3 is 2.58 bits per heavy atom. The van der Waals surface area contributed by atoms with Crippen LogP contribution < -0.4 is 5.32 Å². The lowest BCUT2D eigenvalue weighted by molar-refractivity contribution is -0.114. The Kier molecular flexibility index (Phi) is 5.16. The van der Waals surface area contributed by atoms with Crippen LogP contribution in [0.1, 0.15) is 42.5 Å². The molecule has 0 spiro atoms. The molecule has 0 bridgehead atoms. The second kappa shape index (κ2) is 7.21. The van der Waals surface area contributed by atoms with Crippen LogP contribution in [-0.2, 0) is 14.8 Å². The van der Waals surface area contributed by atoms with E-state index in [1.54, 1.807) is 22.5 Å². The highest BCUT2D eigenvalue weighted by atomic mass is 32.2. The lowest BCUT2D eigenvalue weighted by atomic mass is 10.0. The molecule has 5 nitrogen and oxygen atoms in total. The van der Waals surface area contributed by atoms with E-state index in [4.69, 9.17) is 0 Å². The first-order valence-electron chi connectivity index (χ1n) is 8.76. The number of nitrogens with one attached hydrogen (secondary N) is 1. The first-order chi connectivity index (χ1) is 12.3. The molecule has 6 heteroatoms. The van der Waals surface area contributed by atoms with Gasteiger partial charge >= 0.3 is 0 Å². The van der Waals surface area contributed by atoms with Crippen LogP contribution in [0.25, 0.3) is 0 Å². The molecule has 2 aromatic rings. The molecule has 0 aliphatic carbocycles. The molecule has 3 rings (SSSR count). The fraction of sp³-hybridized carbons (Fsp3) is 0.350. The van der Waals surface area contributed by atoms with Gasteiger partial charge in [-0.1, -0.05) is 30.3 Å². The maximum absolute atomic E-state index is 13.5. The highest BCUT2D eigenvalue weighted by Gasteiger charge is 2.38. The van der Waals surface area contributed by atoms with E-state index in [2.05, 4.69) is 5.32 Å². The van der Waals surface area contributed by atoms with Gasteiger partial charge < -0.3 is 5.32 Å². The van der Waals surface area contributed by atoms with Gasteiger partial charge in [0.05, 0.1) is 11.7 Å². The summed E-state index contributed by atoms with van der Waals surface area (Å²) in [6, 6.07) is 12.8. The predicted molar refractivity (Wildman–Crippen MR) is 103 cm³/mol. The molecule has 138 valence electrons. The lowest BCUT2D eigenvalue weighted by Crippen LogP contribution is -2.31. The molecule has 0 saturated carbocycles. The van der Waals surface area contributed by atoms with Gasteiger partial charge in [0.25, 0.3) is 0 Å². The van der Waals surface area contributed by atoms with Gasteiger partial charge in [-0.3, -0.25) is 4.79 Å². The van der Waals surface area contributed by atoms with Crippen LogP contribution in [0.2, 0.25) is 0 Å². The fourth-order valence-electron chi connectivity index (χ4n) is 3.56. The molecule has 2 aromatic carbocycles. The summed E-state index contributed by atoms with van der Waals surface area (Å²) in [4.78, 5) is 11.7. The normalized spacial score (nSPS) is 18.0. The van der Waals surface area contributed by atoms with Crippen LogP contribution in [-0.4, -0.2) is 25.2 Å². The third kappa shape index (κ3) is 3.52. The molecule has 1 saturated heterocycles. The van der Waals surface area contributed by atoms with Gasteiger partial charge in [-0.25, -0.2) is 8.42 Å². The van der Waals surface area contributed by atoms with E-state index in [0.717, 1.165) is 29.5 Å². The molecular weight excluding hydrogens is 348 g/mol. The van der Waals surface area contributed by atoms with Crippen molar-refractivity contribution in [2.45, 2.75) is 44.6 Å². The van der Waals surface area contributed by atoms with E-state index in [0.29, 0.717) is 12.2 Å². The van der Waals surface area contributed by atoms with Crippen molar-refractivity contribution >= 4 is 21.6 Å². The highest BCUT2D eigenvalue weighted by molar-refractivity contribution is 7.89. The maximum atomic E-state index is 13.5. The van der Waals surface area contributed by atoms with Crippen LogP contribution in [0.4, 0.5) is 5.69 Å². The number of nitrogens with zero attached hydrogens (tertiary/aromatic N) is 1. The number of benzene rings is 2. The van der Waals surface area contributed by atoms with E-state index in [1.807, 2.05) is 38.1 Å². The number of hydrogen-bond donors (Lipinski definition) is 1. The van der Waals surface area contributed by atoms with Crippen molar-refractivity contribution in [3.63, 3.8) is 0 Å². The summed E-state index contributed by atoms with van der Waals surface area (Å²) in [6.07, 6.45) is 1.62. The molecule has 0 radical (unpaired) electrons. The first kappa shape index (κ1) is 18.6. The first-order valence-corrected chi connectivity index (χ1v) is 10.2. The highest BCUT2D eigenvalue weighted by Crippen LogP contribution is 2.39. The number of amides is 1. The number of sulfonamides is 1. The number of carbonyl (C=O) groups is 1. The summed E-state index contributed by atoms with van der Waals surface area (Å²) in [7, 11) is -3.73. The van der Waals surface area contributed by atoms with Crippen LogP contribution in [0.5, 0.6) is 0 Å². The summed E-state index contributed by atoms with van der Waals surface area (Å²) in [5.74, 6) is -0.290. The van der Waals surface area contributed by atoms with Crippen molar-refractivity contribution in [1.82, 2.24) is 4.31 Å². The van der Waals surface area contributed by atoms with Crippen LogP contribution in [0, 0.1) is 13.8 Å². The van der Waals surface area contributed by atoms with E-state index < -0.39 is 10.0 Å². The van der Waals surface area contributed by atoms with E-state index in [1.165, 1.54) is 6.92 Å². The number of anilines is 1. The zero-order valence-electron chi connectivity index (χ0n) is 15.3. The van der Waals surface area contributed by atoms with Crippen molar-refractivity contribution in [2.24, 2.45) is 0 Å². The Bertz CT molecular complexity index is 938. The number of aryl methyl sites for hydroxylation is 2. The van der Waals surface area contributed by atoms with E-state index in [-0.39, 0.29) is 16.8 Å². The van der Waals surface area contributed by atoms with Gasteiger partial charge in [0.2, 0.25) is 15.9 Å². The quantitative estimate of drug-likeness (QED) is 0.888. The second-order valence-corrected chi connectivity index (χ2v) is 8.67. The molecule has 1 heterocycles. The Balaban J connectivity index is 2.06. The number of rotatable bonds is 4. The zero-order valence-corrected chi connectivity index (χ0v) is 16.1. The minimum Gasteiger partial charge on any atom is -0.325 e. The topological polar surface area (TPSA) is 66.5 Å². The van der Waals surface area contributed by atoms with Gasteiger partial charge in [-0.05, 0) is 55.5 Å². The molecular formula is C20H24N2O3S. The van der Waals surface area contributed by atoms with Crippen molar-refractivity contribution < 1.29 is 13.2 Å². The van der Waals surface area contributed by atoms with Gasteiger partial charge in [-0.15, -0.1) is 0 Å². The molecule has 1 atom stereocenters. The van der Waals surface area contributed by atoms with Gasteiger partial charge in [0.15, 0.2) is 0 Å². The molecule has 0 aromatic heterocycles. The minimum atomic E-state index is -3.73. The molecule has 1 aliphatic heterocycles. The van der Waals surface area contributed by atoms with Crippen LogP contribution in [0.3, 0.4) is 0 Å². The Hall–Kier alpha value is -2.18. The Labute approximate surface area is 155 Å². The van der Waals surface area contributed by atoms with Gasteiger partial charge in [0.1, 0.15) is 4.90 Å². The fourth-order valence-corrected chi connectivity index (χ4v) is 5.47. The third-order valence-electron chi connectivity index (χ3n) is 4.79. The molecule has 26 heavy (non-hydrogen) atoms.